The predicted molar refractivity (Wildman–Crippen MR) is 116 cm³/mol. The standard InChI is InChI=1S/C22H20N6O2/c1-27-13-24-16-10-14(4-6-18(16)27)17-12-28-9-8-23-22(28)21(26-17)25-15-5-7-19(29-2)20(11-15)30-3/h4-13H,1-3H3,(H,25,26). The van der Waals surface area contributed by atoms with Gasteiger partial charge in [0.15, 0.2) is 23.0 Å². The third-order valence-corrected chi connectivity index (χ3v) is 5.04. The van der Waals surface area contributed by atoms with Gasteiger partial charge >= 0.3 is 0 Å². The second kappa shape index (κ2) is 7.07. The minimum atomic E-state index is 0.638. The van der Waals surface area contributed by atoms with E-state index in [4.69, 9.17) is 14.5 Å². The normalized spacial score (nSPS) is 11.2. The first kappa shape index (κ1) is 18.0. The molecule has 0 aliphatic heterocycles. The summed E-state index contributed by atoms with van der Waals surface area (Å²) < 4.78 is 14.7. The summed E-state index contributed by atoms with van der Waals surface area (Å²) >= 11 is 0. The third-order valence-electron chi connectivity index (χ3n) is 5.04. The maximum absolute atomic E-state index is 5.41. The number of ether oxygens (including phenoxy) is 2. The summed E-state index contributed by atoms with van der Waals surface area (Å²) in [6.45, 7) is 0. The number of benzene rings is 2. The number of hydrogen-bond donors (Lipinski definition) is 1. The molecule has 0 aliphatic carbocycles. The summed E-state index contributed by atoms with van der Waals surface area (Å²) in [4.78, 5) is 13.8. The number of aromatic nitrogens is 5. The van der Waals surface area contributed by atoms with Crippen LogP contribution in [0.3, 0.4) is 0 Å². The van der Waals surface area contributed by atoms with Crippen LogP contribution < -0.4 is 14.8 Å². The minimum Gasteiger partial charge on any atom is -0.493 e. The fraction of sp³-hybridized carbons (Fsp3) is 0.136. The molecule has 0 bridgehead atoms. The molecular weight excluding hydrogens is 380 g/mol. The Labute approximate surface area is 172 Å². The second-order valence-electron chi connectivity index (χ2n) is 6.89. The molecule has 0 radical (unpaired) electrons. The highest BCUT2D eigenvalue weighted by molar-refractivity contribution is 5.82. The summed E-state index contributed by atoms with van der Waals surface area (Å²) in [6.07, 6.45) is 7.43. The van der Waals surface area contributed by atoms with Gasteiger partial charge in [0.2, 0.25) is 0 Å². The summed E-state index contributed by atoms with van der Waals surface area (Å²) in [5.41, 5.74) is 5.35. The number of anilines is 2. The fourth-order valence-corrected chi connectivity index (χ4v) is 3.50. The van der Waals surface area contributed by atoms with Gasteiger partial charge in [0, 0.05) is 43.0 Å². The number of rotatable bonds is 5. The lowest BCUT2D eigenvalue weighted by molar-refractivity contribution is 0.355. The third kappa shape index (κ3) is 2.98. The number of nitrogens with one attached hydrogen (secondary N) is 1. The molecule has 8 nitrogen and oxygen atoms in total. The molecule has 0 atom stereocenters. The molecule has 30 heavy (non-hydrogen) atoms. The molecule has 3 aromatic heterocycles. The van der Waals surface area contributed by atoms with Crippen LogP contribution in [0.25, 0.3) is 27.9 Å². The van der Waals surface area contributed by atoms with E-state index in [1.807, 2.05) is 59.0 Å². The molecule has 5 rings (SSSR count). The molecule has 150 valence electrons. The molecule has 1 N–H and O–H groups in total. The molecule has 0 saturated heterocycles. The molecule has 0 spiro atoms. The second-order valence-corrected chi connectivity index (χ2v) is 6.89. The van der Waals surface area contributed by atoms with Crippen LogP contribution in [-0.2, 0) is 7.05 Å². The van der Waals surface area contributed by atoms with E-state index in [-0.39, 0.29) is 0 Å². The Morgan fingerprint density at radius 2 is 1.83 bits per heavy atom. The van der Waals surface area contributed by atoms with Gasteiger partial charge in [-0.1, -0.05) is 6.07 Å². The first-order valence-corrected chi connectivity index (χ1v) is 9.40. The van der Waals surface area contributed by atoms with Crippen molar-refractivity contribution in [3.63, 3.8) is 0 Å². The molecule has 0 aliphatic rings. The van der Waals surface area contributed by atoms with E-state index in [2.05, 4.69) is 27.4 Å². The van der Waals surface area contributed by atoms with Crippen LogP contribution >= 0.6 is 0 Å². The molecule has 5 aromatic rings. The van der Waals surface area contributed by atoms with Crippen LogP contribution in [0.15, 0.2) is 61.3 Å². The maximum atomic E-state index is 5.41. The van der Waals surface area contributed by atoms with E-state index in [1.165, 1.54) is 0 Å². The van der Waals surface area contributed by atoms with Gasteiger partial charge in [-0.2, -0.15) is 0 Å². The van der Waals surface area contributed by atoms with E-state index in [1.54, 1.807) is 20.4 Å². The molecule has 0 amide bonds. The van der Waals surface area contributed by atoms with Crippen molar-refractivity contribution in [2.75, 3.05) is 19.5 Å². The molecule has 0 unspecified atom stereocenters. The largest absolute Gasteiger partial charge is 0.493 e. The van der Waals surface area contributed by atoms with Crippen LogP contribution in [-0.4, -0.2) is 38.1 Å². The summed E-state index contributed by atoms with van der Waals surface area (Å²) in [6, 6.07) is 11.8. The van der Waals surface area contributed by atoms with Gasteiger partial charge in [-0.3, -0.25) is 0 Å². The fourth-order valence-electron chi connectivity index (χ4n) is 3.50. The van der Waals surface area contributed by atoms with Crippen molar-refractivity contribution >= 4 is 28.2 Å². The summed E-state index contributed by atoms with van der Waals surface area (Å²) in [7, 11) is 5.21. The quantitative estimate of drug-likeness (QED) is 0.480. The van der Waals surface area contributed by atoms with Gasteiger partial charge in [0.1, 0.15) is 0 Å². The zero-order valence-corrected chi connectivity index (χ0v) is 16.8. The highest BCUT2D eigenvalue weighted by atomic mass is 16.5. The number of imidazole rings is 2. The lowest BCUT2D eigenvalue weighted by Crippen LogP contribution is -2.01. The maximum Gasteiger partial charge on any atom is 0.180 e. The lowest BCUT2D eigenvalue weighted by atomic mass is 10.1. The average molecular weight is 400 g/mol. The van der Waals surface area contributed by atoms with Gasteiger partial charge in [-0.15, -0.1) is 0 Å². The van der Waals surface area contributed by atoms with Crippen molar-refractivity contribution in [2.24, 2.45) is 7.05 Å². The molecule has 8 heteroatoms. The van der Waals surface area contributed by atoms with E-state index in [9.17, 15) is 0 Å². The van der Waals surface area contributed by atoms with Crippen molar-refractivity contribution in [3.8, 4) is 22.8 Å². The van der Waals surface area contributed by atoms with Gasteiger partial charge < -0.3 is 23.8 Å². The van der Waals surface area contributed by atoms with Crippen LogP contribution in [0.1, 0.15) is 0 Å². The van der Waals surface area contributed by atoms with Crippen molar-refractivity contribution in [2.45, 2.75) is 0 Å². The number of methoxy groups -OCH3 is 2. The van der Waals surface area contributed by atoms with Gasteiger partial charge in [0.05, 0.1) is 37.3 Å². The van der Waals surface area contributed by atoms with E-state index < -0.39 is 0 Å². The first-order chi connectivity index (χ1) is 14.7. The molecular formula is C22H20N6O2. The van der Waals surface area contributed by atoms with Crippen LogP contribution in [0.2, 0.25) is 0 Å². The summed E-state index contributed by atoms with van der Waals surface area (Å²) in [5.74, 6) is 1.95. The van der Waals surface area contributed by atoms with E-state index >= 15 is 0 Å². The van der Waals surface area contributed by atoms with Crippen LogP contribution in [0.5, 0.6) is 11.5 Å². The number of aryl methyl sites for hydroxylation is 1. The van der Waals surface area contributed by atoms with Gasteiger partial charge in [-0.25, -0.2) is 15.0 Å². The van der Waals surface area contributed by atoms with E-state index in [0.717, 1.165) is 33.6 Å². The Morgan fingerprint density at radius 1 is 0.967 bits per heavy atom. The van der Waals surface area contributed by atoms with E-state index in [0.29, 0.717) is 17.3 Å². The summed E-state index contributed by atoms with van der Waals surface area (Å²) in [5, 5.41) is 3.36. The molecule has 0 saturated carbocycles. The Balaban J connectivity index is 1.59. The Bertz CT molecular complexity index is 1370. The zero-order chi connectivity index (χ0) is 20.7. The lowest BCUT2D eigenvalue weighted by Gasteiger charge is -2.12. The Kier molecular flexibility index (Phi) is 4.24. The molecule has 3 heterocycles. The molecule has 2 aromatic carbocycles. The average Bonchev–Trinajstić information content (AvgIpc) is 3.40. The monoisotopic (exact) mass is 400 g/mol. The van der Waals surface area contributed by atoms with Crippen LogP contribution in [0.4, 0.5) is 11.5 Å². The minimum absolute atomic E-state index is 0.638. The first-order valence-electron chi connectivity index (χ1n) is 9.40. The van der Waals surface area contributed by atoms with Crippen LogP contribution in [0, 0.1) is 0 Å². The van der Waals surface area contributed by atoms with Crippen molar-refractivity contribution in [3.05, 3.63) is 61.3 Å². The smallest absolute Gasteiger partial charge is 0.180 e. The molecule has 0 fully saturated rings. The number of nitrogens with zero attached hydrogens (tertiary/aromatic N) is 5. The number of fused-ring (bicyclic) bond motifs is 2. The zero-order valence-electron chi connectivity index (χ0n) is 16.8. The Hall–Kier alpha value is -4.07. The van der Waals surface area contributed by atoms with Crippen molar-refractivity contribution in [1.82, 2.24) is 23.9 Å². The van der Waals surface area contributed by atoms with Gasteiger partial charge in [-0.05, 0) is 24.3 Å². The Morgan fingerprint density at radius 3 is 2.67 bits per heavy atom. The van der Waals surface area contributed by atoms with Gasteiger partial charge in [0.25, 0.3) is 0 Å². The number of hydrogen-bond acceptors (Lipinski definition) is 6. The predicted octanol–water partition coefficient (Wildman–Crippen LogP) is 4.04. The highest BCUT2D eigenvalue weighted by Gasteiger charge is 2.12. The highest BCUT2D eigenvalue weighted by Crippen LogP contribution is 2.32. The van der Waals surface area contributed by atoms with Crippen molar-refractivity contribution in [1.29, 1.82) is 0 Å². The topological polar surface area (TPSA) is 78.5 Å². The SMILES string of the molecule is COc1ccc(Nc2nc(-c3ccc4c(c3)ncn4C)cn3ccnc23)cc1OC. The van der Waals surface area contributed by atoms with Crippen molar-refractivity contribution < 1.29 is 9.47 Å².